The van der Waals surface area contributed by atoms with Crippen LogP contribution in [0, 0.1) is 17.8 Å². The number of carbonyl (C=O) groups excluding carboxylic acids is 3. The van der Waals surface area contributed by atoms with Crippen molar-refractivity contribution in [2.75, 3.05) is 19.0 Å². The van der Waals surface area contributed by atoms with Crippen molar-refractivity contribution in [3.05, 3.63) is 40.2 Å². The second kappa shape index (κ2) is 7.17. The van der Waals surface area contributed by atoms with Gasteiger partial charge in [-0.3, -0.25) is 14.4 Å². The van der Waals surface area contributed by atoms with Gasteiger partial charge in [-0.1, -0.05) is 6.07 Å². The summed E-state index contributed by atoms with van der Waals surface area (Å²) in [6, 6.07) is 3.56. The maximum Gasteiger partial charge on any atom is 0.255 e. The van der Waals surface area contributed by atoms with Gasteiger partial charge in [0.15, 0.2) is 11.6 Å². The van der Waals surface area contributed by atoms with E-state index in [9.17, 15) is 29.7 Å². The van der Waals surface area contributed by atoms with E-state index in [1.165, 1.54) is 0 Å². The Balaban J connectivity index is 0.00000171. The topological polar surface area (TPSA) is 173 Å². The minimum atomic E-state index is -1.09. The lowest BCUT2D eigenvalue weighted by molar-refractivity contribution is -0.127. The number of Topliss-reactive ketones (excluding diaryl/α,β-unsaturated/α-hetero) is 2. The molecule has 3 aliphatic carbocycles. The van der Waals surface area contributed by atoms with E-state index in [1.54, 1.807) is 25.1 Å². The minimum Gasteiger partial charge on any atom is -0.511 e. The number of benzene rings is 1. The third-order valence-electron chi connectivity index (χ3n) is 6.22. The van der Waals surface area contributed by atoms with Crippen LogP contribution in [-0.2, 0) is 20.8 Å². The highest BCUT2D eigenvalue weighted by Crippen LogP contribution is 2.51. The number of carbonyl (C=O) groups is 3. The largest absolute Gasteiger partial charge is 0.511 e. The Morgan fingerprint density at radius 2 is 1.83 bits per heavy atom. The molecule has 3 unspecified atom stereocenters. The summed E-state index contributed by atoms with van der Waals surface area (Å²) >= 11 is 0. The quantitative estimate of drug-likeness (QED) is 0.517. The van der Waals surface area contributed by atoms with Gasteiger partial charge in [0.2, 0.25) is 0 Å². The number of aliphatic hydroxyl groups excluding tert-OH is 2. The molecule has 30 heavy (non-hydrogen) atoms. The average molecular weight is 420 g/mol. The molecule has 0 heterocycles. The smallest absolute Gasteiger partial charge is 0.255 e. The van der Waals surface area contributed by atoms with Crippen molar-refractivity contribution in [2.45, 2.75) is 19.3 Å². The molecule has 164 valence electrons. The lowest BCUT2D eigenvalue weighted by Crippen LogP contribution is -2.44. The van der Waals surface area contributed by atoms with Crippen molar-refractivity contribution in [1.82, 2.24) is 0 Å². The number of nitrogens with two attached hydrogens (primary N) is 1. The van der Waals surface area contributed by atoms with E-state index in [1.807, 2.05) is 6.07 Å². The number of hydrogen-bond donors (Lipinski definition) is 4. The molecule has 1 saturated carbocycles. The molecule has 3 aliphatic rings. The predicted octanol–water partition coefficient (Wildman–Crippen LogP) is 1.04. The first-order valence-electron chi connectivity index (χ1n) is 9.39. The van der Waals surface area contributed by atoms with Crippen molar-refractivity contribution in [3.63, 3.8) is 0 Å². The van der Waals surface area contributed by atoms with Gasteiger partial charge in [-0.25, -0.2) is 0 Å². The summed E-state index contributed by atoms with van der Waals surface area (Å²) in [5.41, 5.74) is 6.22. The number of anilines is 1. The van der Waals surface area contributed by atoms with Gasteiger partial charge >= 0.3 is 0 Å². The number of aromatic hydroxyl groups is 1. The fourth-order valence-corrected chi connectivity index (χ4v) is 4.97. The molecule has 0 saturated heterocycles. The van der Waals surface area contributed by atoms with E-state index < -0.39 is 40.6 Å². The van der Waals surface area contributed by atoms with Crippen LogP contribution >= 0.6 is 0 Å². The molecular weight excluding hydrogens is 392 g/mol. The van der Waals surface area contributed by atoms with Crippen LogP contribution in [0.15, 0.2) is 29.0 Å². The molecule has 1 aromatic carbocycles. The molecule has 0 spiro atoms. The van der Waals surface area contributed by atoms with E-state index in [2.05, 4.69) is 0 Å². The predicted molar refractivity (Wildman–Crippen MR) is 112 cm³/mol. The van der Waals surface area contributed by atoms with Gasteiger partial charge in [-0.2, -0.15) is 0 Å². The molecule has 4 rings (SSSR count). The number of phenolic OH excluding ortho intramolecular Hbond substituents is 1. The summed E-state index contributed by atoms with van der Waals surface area (Å²) in [6.07, 6.45) is 0.764. The zero-order chi connectivity index (χ0) is 21.2. The first-order chi connectivity index (χ1) is 13.6. The highest BCUT2D eigenvalue weighted by molar-refractivity contribution is 6.21. The Morgan fingerprint density at radius 3 is 2.43 bits per heavy atom. The number of aliphatic hydroxyl groups is 2. The minimum absolute atomic E-state index is 0. The third-order valence-corrected chi connectivity index (χ3v) is 6.22. The fraction of sp³-hybridized carbons (Fsp3) is 0.381. The maximum absolute atomic E-state index is 13.3. The number of allylic oxidation sites excluding steroid dienone is 2. The second-order valence-electron chi connectivity index (χ2n) is 8.11. The normalized spacial score (nSPS) is 25.2. The molecule has 9 heteroatoms. The summed E-state index contributed by atoms with van der Waals surface area (Å²) < 4.78 is 0. The summed E-state index contributed by atoms with van der Waals surface area (Å²) in [5.74, 6) is -5.11. The number of amides is 1. The summed E-state index contributed by atoms with van der Waals surface area (Å²) in [5, 5.41) is 32.1. The number of hydrogen-bond acceptors (Lipinski definition) is 7. The maximum atomic E-state index is 13.3. The summed E-state index contributed by atoms with van der Waals surface area (Å²) in [6.45, 7) is 0. The molecule has 1 amide bonds. The van der Waals surface area contributed by atoms with Gasteiger partial charge in [0, 0.05) is 28.9 Å². The SMILES string of the molecule is CN(C)c1ccc2c(c1O)C(O)=C1C(=O)C3C(O)=C(C(N)=O)C(=O)CC3CC1C2.O.[HH].[HH]. The van der Waals surface area contributed by atoms with Crippen LogP contribution in [-0.4, -0.2) is 52.4 Å². The molecule has 0 aromatic heterocycles. The fourth-order valence-electron chi connectivity index (χ4n) is 4.97. The van der Waals surface area contributed by atoms with Crippen LogP contribution < -0.4 is 10.6 Å². The molecule has 9 nitrogen and oxygen atoms in total. The molecule has 0 aliphatic heterocycles. The zero-order valence-corrected chi connectivity index (χ0v) is 16.6. The van der Waals surface area contributed by atoms with E-state index in [0.717, 1.165) is 0 Å². The molecule has 1 fully saturated rings. The number of primary amides is 1. The number of rotatable bonds is 2. The van der Waals surface area contributed by atoms with Crippen molar-refractivity contribution < 1.29 is 38.0 Å². The van der Waals surface area contributed by atoms with Crippen LogP contribution in [0.3, 0.4) is 0 Å². The third kappa shape index (κ3) is 2.85. The number of ketones is 2. The van der Waals surface area contributed by atoms with Crippen LogP contribution in [0.1, 0.15) is 26.8 Å². The van der Waals surface area contributed by atoms with Crippen LogP contribution in [0.25, 0.3) is 5.76 Å². The van der Waals surface area contributed by atoms with Crippen molar-refractivity contribution in [3.8, 4) is 5.75 Å². The first kappa shape index (κ1) is 21.4. The Labute approximate surface area is 175 Å². The Morgan fingerprint density at radius 1 is 1.17 bits per heavy atom. The second-order valence-corrected chi connectivity index (χ2v) is 8.11. The summed E-state index contributed by atoms with van der Waals surface area (Å²) in [7, 11) is 3.50. The Bertz CT molecular complexity index is 1050. The van der Waals surface area contributed by atoms with Crippen molar-refractivity contribution in [2.24, 2.45) is 23.5 Å². The molecule has 0 radical (unpaired) electrons. The van der Waals surface area contributed by atoms with Gasteiger partial charge in [0.25, 0.3) is 5.91 Å². The van der Waals surface area contributed by atoms with Gasteiger partial charge in [0.05, 0.1) is 17.2 Å². The standard InChI is InChI=1S/C21H22N2O6.H2O.2H2/c1-23(2)11-4-3-8-5-9-6-10-7-12(24)16(21(22)29)20(28)15(10)19(27)14(9)18(26)13(8)17(11)25;;;/h3-4,9-10,15,25-26,28H,5-7H2,1-2H3,(H2,22,29);1H2;2*1H. The van der Waals surface area contributed by atoms with Gasteiger partial charge < -0.3 is 31.4 Å². The summed E-state index contributed by atoms with van der Waals surface area (Å²) in [4.78, 5) is 38.8. The highest BCUT2D eigenvalue weighted by Gasteiger charge is 2.50. The Kier molecular flexibility index (Phi) is 5.11. The van der Waals surface area contributed by atoms with E-state index >= 15 is 0 Å². The average Bonchev–Trinajstić information content (AvgIpc) is 2.60. The van der Waals surface area contributed by atoms with Gasteiger partial charge in [-0.05, 0) is 36.3 Å². The Hall–Kier alpha value is -3.33. The van der Waals surface area contributed by atoms with Crippen LogP contribution in [0.4, 0.5) is 5.69 Å². The first-order valence-corrected chi connectivity index (χ1v) is 9.39. The van der Waals surface area contributed by atoms with Gasteiger partial charge in [-0.15, -0.1) is 0 Å². The monoisotopic (exact) mass is 420 g/mol. The number of nitrogens with zero attached hydrogens (tertiary/aromatic N) is 1. The molecule has 3 atom stereocenters. The molecule has 7 N–H and O–H groups in total. The van der Waals surface area contributed by atoms with Crippen molar-refractivity contribution in [1.29, 1.82) is 0 Å². The van der Waals surface area contributed by atoms with Crippen LogP contribution in [0.2, 0.25) is 0 Å². The lowest BCUT2D eigenvalue weighted by atomic mass is 9.61. The van der Waals surface area contributed by atoms with E-state index in [-0.39, 0.29) is 43.3 Å². The number of phenols is 1. The van der Waals surface area contributed by atoms with Crippen molar-refractivity contribution >= 4 is 28.9 Å². The van der Waals surface area contributed by atoms with E-state index in [0.29, 0.717) is 24.1 Å². The van der Waals surface area contributed by atoms with Crippen LogP contribution in [0.5, 0.6) is 5.75 Å². The molecule has 0 bridgehead atoms. The molecular formula is C21H28N2O7. The lowest BCUT2D eigenvalue weighted by Gasteiger charge is -2.41. The molecule has 1 aromatic rings. The van der Waals surface area contributed by atoms with E-state index in [4.69, 9.17) is 5.73 Å². The highest BCUT2D eigenvalue weighted by atomic mass is 16.3. The number of fused-ring (bicyclic) bond motifs is 3. The van der Waals surface area contributed by atoms with Gasteiger partial charge in [0.1, 0.15) is 22.8 Å². The zero-order valence-electron chi connectivity index (χ0n) is 16.6.